The van der Waals surface area contributed by atoms with Crippen LogP contribution in [-0.2, 0) is 6.42 Å². The molecule has 0 radical (unpaired) electrons. The van der Waals surface area contributed by atoms with Crippen LogP contribution in [0.4, 0.5) is 5.69 Å². The Morgan fingerprint density at radius 1 is 1.26 bits per heavy atom. The average molecular weight is 251 g/mol. The maximum Gasteiger partial charge on any atom is 0.163 e. The summed E-state index contributed by atoms with van der Waals surface area (Å²) in [5.41, 5.74) is 4.31. The van der Waals surface area contributed by atoms with Gasteiger partial charge in [-0.25, -0.2) is 4.98 Å². The lowest BCUT2D eigenvalue weighted by atomic mass is 10.1. The van der Waals surface area contributed by atoms with Crippen LogP contribution in [0.3, 0.4) is 0 Å². The molecule has 5 nitrogen and oxygen atoms in total. The fourth-order valence-electron chi connectivity index (χ4n) is 2.60. The highest BCUT2D eigenvalue weighted by atomic mass is 15.3. The van der Waals surface area contributed by atoms with Crippen molar-refractivity contribution in [2.45, 2.75) is 19.4 Å². The highest BCUT2D eigenvalue weighted by Gasteiger charge is 2.25. The molecule has 19 heavy (non-hydrogen) atoms. The molecule has 0 spiro atoms. The zero-order valence-electron chi connectivity index (χ0n) is 10.5. The molecule has 3 heterocycles. The molecule has 1 N–H and O–H groups in total. The van der Waals surface area contributed by atoms with Gasteiger partial charge in [0.25, 0.3) is 0 Å². The van der Waals surface area contributed by atoms with E-state index in [2.05, 4.69) is 38.7 Å². The van der Waals surface area contributed by atoms with Gasteiger partial charge in [-0.05, 0) is 18.6 Å². The molecular weight excluding hydrogens is 238 g/mol. The molecule has 5 heteroatoms. The Morgan fingerprint density at radius 3 is 3.05 bits per heavy atom. The molecule has 0 amide bonds. The minimum Gasteiger partial charge on any atom is -0.375 e. The predicted molar refractivity (Wildman–Crippen MR) is 72.0 cm³/mol. The summed E-state index contributed by atoms with van der Waals surface area (Å²) in [6.45, 7) is 1.96. The highest BCUT2D eigenvalue weighted by Crippen LogP contribution is 2.33. The Morgan fingerprint density at radius 2 is 2.16 bits per heavy atom. The lowest BCUT2D eigenvalue weighted by Gasteiger charge is -2.08. The molecule has 1 unspecified atom stereocenters. The number of nitrogens with one attached hydrogen (secondary N) is 1. The Bertz CT molecular complexity index is 736. The van der Waals surface area contributed by atoms with Crippen molar-refractivity contribution in [1.29, 1.82) is 0 Å². The lowest BCUT2D eigenvalue weighted by molar-refractivity contribution is 0.730. The first-order valence-electron chi connectivity index (χ1n) is 6.33. The number of rotatable bonds is 1. The number of aromatic nitrogens is 4. The van der Waals surface area contributed by atoms with Gasteiger partial charge in [0.1, 0.15) is 6.33 Å². The third-order valence-electron chi connectivity index (χ3n) is 3.55. The second-order valence-electron chi connectivity index (χ2n) is 4.87. The summed E-state index contributed by atoms with van der Waals surface area (Å²) in [6.07, 6.45) is 2.73. The molecular formula is C14H13N5. The second kappa shape index (κ2) is 3.78. The Kier molecular flexibility index (Phi) is 2.09. The Hall–Kier alpha value is -2.43. The molecule has 0 aliphatic carbocycles. The van der Waals surface area contributed by atoms with E-state index in [9.17, 15) is 0 Å². The molecule has 4 rings (SSSR count). The molecule has 1 atom stereocenters. The van der Waals surface area contributed by atoms with Gasteiger partial charge in [-0.3, -0.25) is 4.40 Å². The van der Waals surface area contributed by atoms with Gasteiger partial charge in [0, 0.05) is 23.9 Å². The highest BCUT2D eigenvalue weighted by molar-refractivity contribution is 5.57. The zero-order valence-corrected chi connectivity index (χ0v) is 10.5. The van der Waals surface area contributed by atoms with E-state index in [1.807, 2.05) is 23.5 Å². The van der Waals surface area contributed by atoms with E-state index in [0.717, 1.165) is 23.6 Å². The number of nitrogens with zero attached hydrogens (tertiary/aromatic N) is 4. The molecule has 1 aromatic carbocycles. The summed E-state index contributed by atoms with van der Waals surface area (Å²) in [4.78, 5) is 4.32. The van der Waals surface area contributed by atoms with Crippen molar-refractivity contribution in [3.05, 3.63) is 53.7 Å². The van der Waals surface area contributed by atoms with Crippen LogP contribution < -0.4 is 5.32 Å². The number of para-hydroxylation sites is 1. The number of anilines is 1. The predicted octanol–water partition coefficient (Wildman–Crippen LogP) is 2.14. The molecule has 0 saturated carbocycles. The van der Waals surface area contributed by atoms with Gasteiger partial charge in [0.15, 0.2) is 11.5 Å². The fourth-order valence-corrected chi connectivity index (χ4v) is 2.60. The minimum atomic E-state index is 0.164. The molecule has 3 aromatic rings. The zero-order chi connectivity index (χ0) is 12.8. The number of fused-ring (bicyclic) bond motifs is 2. The monoisotopic (exact) mass is 251 g/mol. The van der Waals surface area contributed by atoms with Crippen molar-refractivity contribution < 1.29 is 0 Å². The van der Waals surface area contributed by atoms with Crippen molar-refractivity contribution in [2.75, 3.05) is 5.32 Å². The van der Waals surface area contributed by atoms with Gasteiger partial charge < -0.3 is 5.32 Å². The first-order valence-corrected chi connectivity index (χ1v) is 6.33. The van der Waals surface area contributed by atoms with Gasteiger partial charge in [0.05, 0.1) is 6.04 Å². The Labute approximate surface area is 110 Å². The van der Waals surface area contributed by atoms with Crippen molar-refractivity contribution in [1.82, 2.24) is 19.6 Å². The number of hydrogen-bond donors (Lipinski definition) is 1. The normalized spacial score (nSPS) is 17.4. The van der Waals surface area contributed by atoms with Crippen molar-refractivity contribution in [2.24, 2.45) is 0 Å². The van der Waals surface area contributed by atoms with Crippen LogP contribution >= 0.6 is 0 Å². The fraction of sp³-hybridized carbons (Fsp3) is 0.214. The van der Waals surface area contributed by atoms with Crippen LogP contribution in [0.25, 0.3) is 5.65 Å². The van der Waals surface area contributed by atoms with Gasteiger partial charge in [-0.2, -0.15) is 0 Å². The van der Waals surface area contributed by atoms with E-state index in [4.69, 9.17) is 0 Å². The molecule has 0 saturated heterocycles. The van der Waals surface area contributed by atoms with E-state index < -0.39 is 0 Å². The lowest BCUT2D eigenvalue weighted by Crippen LogP contribution is -2.10. The molecule has 1 aliphatic heterocycles. The van der Waals surface area contributed by atoms with Crippen molar-refractivity contribution in [3.8, 4) is 0 Å². The van der Waals surface area contributed by atoms with Gasteiger partial charge in [-0.15, -0.1) is 10.2 Å². The summed E-state index contributed by atoms with van der Waals surface area (Å²) in [5.74, 6) is 0.915. The maximum atomic E-state index is 4.32. The van der Waals surface area contributed by atoms with E-state index in [-0.39, 0.29) is 6.04 Å². The standard InChI is InChI=1S/C14H13N5/c1-9-6-13-17-18-14(19(13)8-15-9)12-7-10-4-2-3-5-11(10)16-12/h2-6,8,12,16H,7H2,1H3. The number of hydrogen-bond acceptors (Lipinski definition) is 4. The number of benzene rings is 1. The summed E-state index contributed by atoms with van der Waals surface area (Å²) in [5, 5.41) is 12.0. The van der Waals surface area contributed by atoms with Crippen LogP contribution in [0.5, 0.6) is 0 Å². The second-order valence-corrected chi connectivity index (χ2v) is 4.87. The van der Waals surface area contributed by atoms with E-state index in [1.54, 1.807) is 6.33 Å². The van der Waals surface area contributed by atoms with Gasteiger partial charge >= 0.3 is 0 Å². The summed E-state index contributed by atoms with van der Waals surface area (Å²) in [6, 6.07) is 10.5. The van der Waals surface area contributed by atoms with Gasteiger partial charge in [0.2, 0.25) is 0 Å². The van der Waals surface area contributed by atoms with Crippen LogP contribution in [-0.4, -0.2) is 19.6 Å². The minimum absolute atomic E-state index is 0.164. The maximum absolute atomic E-state index is 4.32. The molecule has 2 aromatic heterocycles. The van der Waals surface area contributed by atoms with Crippen molar-refractivity contribution in [3.63, 3.8) is 0 Å². The SMILES string of the molecule is Cc1cc2nnc(C3Cc4ccccc4N3)n2cn1. The third kappa shape index (κ3) is 1.58. The van der Waals surface area contributed by atoms with E-state index in [1.165, 1.54) is 11.3 Å². The molecule has 94 valence electrons. The van der Waals surface area contributed by atoms with Crippen LogP contribution in [0.15, 0.2) is 36.7 Å². The first kappa shape index (κ1) is 10.5. The quantitative estimate of drug-likeness (QED) is 0.720. The topological polar surface area (TPSA) is 55.1 Å². The van der Waals surface area contributed by atoms with E-state index in [0.29, 0.717) is 0 Å². The van der Waals surface area contributed by atoms with Crippen LogP contribution in [0.2, 0.25) is 0 Å². The number of aryl methyl sites for hydroxylation is 1. The molecule has 1 aliphatic rings. The van der Waals surface area contributed by atoms with Crippen LogP contribution in [0, 0.1) is 6.92 Å². The largest absolute Gasteiger partial charge is 0.375 e. The van der Waals surface area contributed by atoms with Crippen molar-refractivity contribution >= 4 is 11.3 Å². The first-order chi connectivity index (χ1) is 9.31. The third-order valence-corrected chi connectivity index (χ3v) is 3.55. The smallest absolute Gasteiger partial charge is 0.163 e. The molecule has 0 fully saturated rings. The average Bonchev–Trinajstić information content (AvgIpc) is 3.00. The summed E-state index contributed by atoms with van der Waals surface area (Å²) < 4.78 is 1.95. The van der Waals surface area contributed by atoms with Crippen LogP contribution in [0.1, 0.15) is 23.1 Å². The summed E-state index contributed by atoms with van der Waals surface area (Å²) >= 11 is 0. The molecule has 0 bridgehead atoms. The van der Waals surface area contributed by atoms with E-state index >= 15 is 0 Å². The summed E-state index contributed by atoms with van der Waals surface area (Å²) in [7, 11) is 0. The van der Waals surface area contributed by atoms with Gasteiger partial charge in [-0.1, -0.05) is 18.2 Å². The Balaban J connectivity index is 1.77.